The number of carboxylic acid groups (broad SMARTS) is 1. The zero-order valence-electron chi connectivity index (χ0n) is 46.3. The van der Waals surface area contributed by atoms with Gasteiger partial charge in [-0.05, 0) is 89.9 Å². The summed E-state index contributed by atoms with van der Waals surface area (Å²) < 4.78 is 22.7. The third-order valence-corrected chi connectivity index (χ3v) is 12.1. The molecule has 0 radical (unpaired) electrons. The highest BCUT2D eigenvalue weighted by molar-refractivity contribution is 5.70. The lowest BCUT2D eigenvalue weighted by atomic mass is 10.0. The fourth-order valence-electron chi connectivity index (χ4n) is 7.71. The van der Waals surface area contributed by atoms with Crippen molar-refractivity contribution in [2.24, 2.45) is 0 Å². The van der Waals surface area contributed by atoms with E-state index in [1.165, 1.54) is 109 Å². The Morgan fingerprint density at radius 2 is 0.803 bits per heavy atom. The quantitative estimate of drug-likeness (QED) is 0.0195. The van der Waals surface area contributed by atoms with Crippen LogP contribution in [-0.2, 0) is 33.3 Å². The molecule has 0 rings (SSSR count). The fraction of sp³-hybridized carbons (Fsp3) is 0.726. The Morgan fingerprint density at radius 3 is 1.20 bits per heavy atom. The van der Waals surface area contributed by atoms with Crippen LogP contribution < -0.4 is 5.11 Å². The summed E-state index contributed by atoms with van der Waals surface area (Å²) in [4.78, 5) is 37.3. The van der Waals surface area contributed by atoms with E-state index in [1.54, 1.807) is 0 Å². The number of unbranched alkanes of at least 4 members (excludes halogenated alkanes) is 23. The van der Waals surface area contributed by atoms with Gasteiger partial charge in [-0.2, -0.15) is 0 Å². The van der Waals surface area contributed by atoms with Gasteiger partial charge in [0.05, 0.1) is 40.3 Å². The Kier molecular flexibility index (Phi) is 50.2. The minimum atomic E-state index is -1.63. The topological polar surface area (TPSA) is 111 Å². The van der Waals surface area contributed by atoms with E-state index in [0.717, 1.165) is 89.9 Å². The first-order valence-corrected chi connectivity index (χ1v) is 28.7. The van der Waals surface area contributed by atoms with Crippen LogP contribution in [0.15, 0.2) is 85.1 Å². The summed E-state index contributed by atoms with van der Waals surface area (Å²) in [7, 11) is 5.91. The number of rotatable bonds is 52. The van der Waals surface area contributed by atoms with E-state index in [9.17, 15) is 19.5 Å². The molecule has 0 fully saturated rings. The number of carbonyl (C=O) groups excluding carboxylic acids is 3. The summed E-state index contributed by atoms with van der Waals surface area (Å²) in [6.45, 7) is 4.60. The van der Waals surface area contributed by atoms with Crippen LogP contribution in [0.4, 0.5) is 0 Å². The van der Waals surface area contributed by atoms with Gasteiger partial charge in [0.2, 0.25) is 0 Å². The van der Waals surface area contributed by atoms with E-state index in [1.807, 2.05) is 21.1 Å². The van der Waals surface area contributed by atoms with Crippen LogP contribution in [0.3, 0.4) is 0 Å². The molecular formula is C62H107NO8. The Balaban J connectivity index is 4.23. The highest BCUT2D eigenvalue weighted by atomic mass is 16.7. The van der Waals surface area contributed by atoms with Gasteiger partial charge in [0.15, 0.2) is 12.4 Å². The van der Waals surface area contributed by atoms with Crippen molar-refractivity contribution in [1.82, 2.24) is 0 Å². The predicted molar refractivity (Wildman–Crippen MR) is 297 cm³/mol. The maximum Gasteiger partial charge on any atom is 0.306 e. The van der Waals surface area contributed by atoms with E-state index < -0.39 is 24.3 Å². The van der Waals surface area contributed by atoms with Crippen LogP contribution in [-0.4, -0.2) is 82.3 Å². The molecule has 0 heterocycles. The van der Waals surface area contributed by atoms with Crippen molar-refractivity contribution in [2.45, 2.75) is 245 Å². The second kappa shape index (κ2) is 52.8. The number of nitrogens with zero attached hydrogens (tertiary/aromatic N) is 1. The van der Waals surface area contributed by atoms with Crippen molar-refractivity contribution in [3.8, 4) is 0 Å². The van der Waals surface area contributed by atoms with Crippen molar-refractivity contribution in [2.75, 3.05) is 47.5 Å². The molecule has 2 unspecified atom stereocenters. The number of allylic oxidation sites excluding steroid dienone is 14. The molecule has 0 saturated carbocycles. The van der Waals surface area contributed by atoms with E-state index >= 15 is 0 Å². The first kappa shape index (κ1) is 67.5. The molecule has 9 nitrogen and oxygen atoms in total. The Morgan fingerprint density at radius 1 is 0.437 bits per heavy atom. The molecule has 408 valence electrons. The first-order chi connectivity index (χ1) is 34.6. The molecule has 0 aromatic carbocycles. The van der Waals surface area contributed by atoms with Gasteiger partial charge in [-0.15, -0.1) is 0 Å². The molecule has 0 saturated heterocycles. The molecule has 0 spiro atoms. The maximum atomic E-state index is 12.9. The third kappa shape index (κ3) is 54.1. The minimum absolute atomic E-state index is 0.143. The van der Waals surface area contributed by atoms with Gasteiger partial charge in [0.1, 0.15) is 13.2 Å². The minimum Gasteiger partial charge on any atom is -0.545 e. The molecule has 2 atom stereocenters. The highest BCUT2D eigenvalue weighted by Gasteiger charge is 2.22. The Labute approximate surface area is 436 Å². The summed E-state index contributed by atoms with van der Waals surface area (Å²) >= 11 is 0. The average Bonchev–Trinajstić information content (AvgIpc) is 3.34. The fourth-order valence-corrected chi connectivity index (χ4v) is 7.71. The van der Waals surface area contributed by atoms with Crippen LogP contribution in [0.2, 0.25) is 0 Å². The molecule has 0 aromatic heterocycles. The van der Waals surface area contributed by atoms with Crippen LogP contribution in [0, 0.1) is 0 Å². The number of carbonyl (C=O) groups is 3. The van der Waals surface area contributed by atoms with Crippen LogP contribution >= 0.6 is 0 Å². The number of hydrogen-bond donors (Lipinski definition) is 0. The zero-order valence-corrected chi connectivity index (χ0v) is 46.3. The summed E-state index contributed by atoms with van der Waals surface area (Å²) in [6, 6.07) is 0. The molecular weight excluding hydrogens is 887 g/mol. The molecule has 0 N–H and O–H groups in total. The second-order valence-electron chi connectivity index (χ2n) is 20.2. The van der Waals surface area contributed by atoms with Crippen molar-refractivity contribution in [1.29, 1.82) is 0 Å². The molecule has 71 heavy (non-hydrogen) atoms. The standard InChI is InChI=1S/C62H107NO8/c1-6-8-10-12-14-16-18-20-22-24-25-26-27-28-29-30-31-32-33-34-35-37-39-41-43-45-47-49-51-53-60(65)71-58(57-70-62(61(66)67)68-55-54-63(3,4)5)56-69-59(64)52-50-48-46-44-42-40-38-36-23-21-19-17-15-13-11-9-7-2/h8,10,14-17,20-23,25-26,28-29,58,62H,6-7,9,11-13,18-19,24,27,30-57H2,1-5H3/b10-8-,16-14-,17-15-,22-20-,23-21-,26-25-,29-28-. The lowest BCUT2D eigenvalue weighted by molar-refractivity contribution is -0.870. The van der Waals surface area contributed by atoms with Gasteiger partial charge in [-0.25, -0.2) is 0 Å². The predicted octanol–water partition coefficient (Wildman–Crippen LogP) is 15.5. The monoisotopic (exact) mass is 994 g/mol. The van der Waals surface area contributed by atoms with Gasteiger partial charge in [0.25, 0.3) is 0 Å². The van der Waals surface area contributed by atoms with E-state index in [0.29, 0.717) is 17.4 Å². The molecule has 0 aliphatic carbocycles. The SMILES string of the molecule is CC/C=C\C/C=C\C/C=C\C/C=C\C/C=C\CCCCCCCCCCCCCCCC(=O)OC(COC(=O)CCCCCCCCC/C=C\C/C=C\CCCCC)COC(OCC[N+](C)(C)C)C(=O)[O-]. The molecule has 0 amide bonds. The number of carboxylic acids is 1. The van der Waals surface area contributed by atoms with Crippen LogP contribution in [0.5, 0.6) is 0 Å². The number of esters is 2. The highest BCUT2D eigenvalue weighted by Crippen LogP contribution is 2.15. The molecule has 9 heteroatoms. The van der Waals surface area contributed by atoms with Crippen molar-refractivity contribution >= 4 is 17.9 Å². The number of likely N-dealkylation sites (N-methyl/N-ethyl adjacent to an activating group) is 1. The molecule has 0 aromatic rings. The van der Waals surface area contributed by atoms with Gasteiger partial charge >= 0.3 is 11.9 Å². The summed E-state index contributed by atoms with van der Waals surface area (Å²) in [5, 5.41) is 11.8. The van der Waals surface area contributed by atoms with Gasteiger partial charge in [-0.1, -0.05) is 214 Å². The van der Waals surface area contributed by atoms with E-state index in [4.69, 9.17) is 18.9 Å². The van der Waals surface area contributed by atoms with Crippen LogP contribution in [0.25, 0.3) is 0 Å². The number of quaternary nitrogens is 1. The Hall–Kier alpha value is -3.53. The second-order valence-corrected chi connectivity index (χ2v) is 20.2. The molecule has 0 aliphatic heterocycles. The van der Waals surface area contributed by atoms with Crippen molar-refractivity contribution in [3.63, 3.8) is 0 Å². The average molecular weight is 995 g/mol. The van der Waals surface area contributed by atoms with E-state index in [2.05, 4.69) is 98.9 Å². The number of ether oxygens (including phenoxy) is 4. The summed E-state index contributed by atoms with van der Waals surface area (Å²) in [6.07, 6.45) is 66.2. The third-order valence-electron chi connectivity index (χ3n) is 12.1. The van der Waals surface area contributed by atoms with Gasteiger partial charge < -0.3 is 33.3 Å². The van der Waals surface area contributed by atoms with Crippen molar-refractivity contribution in [3.05, 3.63) is 85.1 Å². The molecule has 0 aliphatic rings. The summed E-state index contributed by atoms with van der Waals surface area (Å²) in [5.41, 5.74) is 0. The zero-order chi connectivity index (χ0) is 52.0. The van der Waals surface area contributed by atoms with Gasteiger partial charge in [0, 0.05) is 12.8 Å². The number of aliphatic carboxylic acids is 1. The lowest BCUT2D eigenvalue weighted by Gasteiger charge is -2.26. The van der Waals surface area contributed by atoms with Gasteiger partial charge in [-0.3, -0.25) is 9.59 Å². The van der Waals surface area contributed by atoms with Crippen LogP contribution in [0.1, 0.15) is 232 Å². The Bertz CT molecular complexity index is 1440. The largest absolute Gasteiger partial charge is 0.545 e. The van der Waals surface area contributed by atoms with Crippen molar-refractivity contribution < 1.29 is 42.9 Å². The smallest absolute Gasteiger partial charge is 0.306 e. The number of hydrogen-bond acceptors (Lipinski definition) is 8. The normalized spacial score (nSPS) is 13.4. The maximum absolute atomic E-state index is 12.9. The lowest BCUT2D eigenvalue weighted by Crippen LogP contribution is -2.44. The first-order valence-electron chi connectivity index (χ1n) is 28.7. The van der Waals surface area contributed by atoms with E-state index in [-0.39, 0.29) is 38.6 Å². The summed E-state index contributed by atoms with van der Waals surface area (Å²) in [5.74, 6) is -2.30. The molecule has 0 bridgehead atoms.